The molecule has 1 fully saturated rings. The number of pyridine rings is 1. The third-order valence-corrected chi connectivity index (χ3v) is 5.18. The first-order chi connectivity index (χ1) is 13.2. The van der Waals surface area contributed by atoms with Crippen molar-refractivity contribution >= 4 is 22.7 Å². The zero-order chi connectivity index (χ0) is 18.4. The number of piperidine rings is 1. The van der Waals surface area contributed by atoms with Crippen LogP contribution in [0.4, 0.5) is 0 Å². The van der Waals surface area contributed by atoms with Gasteiger partial charge in [0, 0.05) is 12.7 Å². The number of rotatable bonds is 2. The van der Waals surface area contributed by atoms with Crippen molar-refractivity contribution in [3.8, 4) is 0 Å². The molecule has 0 radical (unpaired) electrons. The second-order valence-corrected chi connectivity index (χ2v) is 6.92. The summed E-state index contributed by atoms with van der Waals surface area (Å²) in [5.41, 5.74) is 2.94. The maximum Gasteiger partial charge on any atom is 0.256 e. The Kier molecular flexibility index (Phi) is 3.67. The number of hydrogen-bond acceptors (Lipinski definition) is 5. The molecule has 27 heavy (non-hydrogen) atoms. The zero-order valence-electron chi connectivity index (χ0n) is 15.0. The van der Waals surface area contributed by atoms with Crippen LogP contribution in [0.5, 0.6) is 0 Å². The van der Waals surface area contributed by atoms with Crippen molar-refractivity contribution in [3.05, 3.63) is 59.9 Å². The van der Waals surface area contributed by atoms with Gasteiger partial charge in [0.2, 0.25) is 5.89 Å². The number of nitrogens with zero attached hydrogens (tertiary/aromatic N) is 5. The highest BCUT2D eigenvalue weighted by Gasteiger charge is 2.32. The lowest BCUT2D eigenvalue weighted by molar-refractivity contribution is 0.0574. The zero-order valence-corrected chi connectivity index (χ0v) is 15.0. The molecule has 0 aliphatic carbocycles. The van der Waals surface area contributed by atoms with Crippen LogP contribution in [0.15, 0.2) is 47.0 Å². The first-order valence-corrected chi connectivity index (χ1v) is 9.18. The van der Waals surface area contributed by atoms with Crippen molar-refractivity contribution in [3.63, 3.8) is 0 Å². The predicted molar refractivity (Wildman–Crippen MR) is 99.4 cm³/mol. The lowest BCUT2D eigenvalue weighted by Gasteiger charge is -2.33. The third kappa shape index (κ3) is 2.66. The van der Waals surface area contributed by atoms with Gasteiger partial charge in [-0.3, -0.25) is 9.20 Å². The van der Waals surface area contributed by atoms with Gasteiger partial charge in [0.1, 0.15) is 17.4 Å². The molecule has 1 saturated heterocycles. The molecule has 136 valence electrons. The van der Waals surface area contributed by atoms with Crippen LogP contribution in [0.25, 0.3) is 16.7 Å². The van der Waals surface area contributed by atoms with E-state index in [1.165, 1.54) is 0 Å². The summed E-state index contributed by atoms with van der Waals surface area (Å²) in [6.45, 7) is 2.57. The third-order valence-electron chi connectivity index (χ3n) is 5.18. The van der Waals surface area contributed by atoms with Crippen LogP contribution in [-0.4, -0.2) is 36.9 Å². The number of aromatic nitrogens is 4. The molecular weight excluding hydrogens is 342 g/mol. The van der Waals surface area contributed by atoms with Crippen molar-refractivity contribution in [1.29, 1.82) is 0 Å². The monoisotopic (exact) mass is 361 g/mol. The lowest BCUT2D eigenvalue weighted by atomic mass is 10.0. The fraction of sp³-hybridized carbons (Fsp3) is 0.300. The molecule has 7 nitrogen and oxygen atoms in total. The van der Waals surface area contributed by atoms with Gasteiger partial charge in [-0.2, -0.15) is 0 Å². The molecule has 0 N–H and O–H groups in total. The molecule has 1 aromatic carbocycles. The number of amides is 1. The molecule has 0 spiro atoms. The Balaban J connectivity index is 1.52. The average Bonchev–Trinajstić information content (AvgIpc) is 3.31. The minimum Gasteiger partial charge on any atom is -0.438 e. The Labute approximate surface area is 155 Å². The van der Waals surface area contributed by atoms with E-state index in [1.54, 1.807) is 0 Å². The van der Waals surface area contributed by atoms with Crippen molar-refractivity contribution < 1.29 is 9.21 Å². The second kappa shape index (κ2) is 6.19. The average molecular weight is 361 g/mol. The molecule has 1 aliphatic rings. The number of aryl methyl sites for hydroxylation is 1. The summed E-state index contributed by atoms with van der Waals surface area (Å²) >= 11 is 0. The first kappa shape index (κ1) is 16.0. The number of likely N-dealkylation sites (tertiary alicyclic amines) is 1. The summed E-state index contributed by atoms with van der Waals surface area (Å²) in [7, 11) is 0. The fourth-order valence-corrected chi connectivity index (χ4v) is 3.76. The quantitative estimate of drug-likeness (QED) is 0.546. The van der Waals surface area contributed by atoms with Gasteiger partial charge in [-0.15, -0.1) is 10.2 Å². The SMILES string of the molecule is Cc1nnc2ccc(C(=O)N3CCCCC3c3nc4ccccc4o3)cn12. The summed E-state index contributed by atoms with van der Waals surface area (Å²) in [6.07, 6.45) is 4.70. The molecule has 1 unspecified atom stereocenters. The van der Waals surface area contributed by atoms with E-state index in [1.807, 2.05) is 58.8 Å². The van der Waals surface area contributed by atoms with E-state index in [2.05, 4.69) is 15.2 Å². The van der Waals surface area contributed by atoms with Crippen LogP contribution >= 0.6 is 0 Å². The maximum absolute atomic E-state index is 13.3. The van der Waals surface area contributed by atoms with E-state index < -0.39 is 0 Å². The highest BCUT2D eigenvalue weighted by atomic mass is 16.3. The number of carbonyl (C=O) groups is 1. The van der Waals surface area contributed by atoms with Crippen molar-refractivity contribution in [1.82, 2.24) is 24.5 Å². The molecule has 1 amide bonds. The molecular formula is C20H19N5O2. The van der Waals surface area contributed by atoms with E-state index in [0.29, 0.717) is 18.0 Å². The molecule has 4 heterocycles. The van der Waals surface area contributed by atoms with E-state index in [9.17, 15) is 4.79 Å². The van der Waals surface area contributed by atoms with Gasteiger partial charge in [0.05, 0.1) is 5.56 Å². The normalized spacial score (nSPS) is 17.7. The van der Waals surface area contributed by atoms with Gasteiger partial charge >= 0.3 is 0 Å². The molecule has 1 atom stereocenters. The van der Waals surface area contributed by atoms with Crippen LogP contribution < -0.4 is 0 Å². The minimum atomic E-state index is -0.142. The molecule has 1 aliphatic heterocycles. The number of para-hydroxylation sites is 2. The largest absolute Gasteiger partial charge is 0.438 e. The number of hydrogen-bond donors (Lipinski definition) is 0. The number of fused-ring (bicyclic) bond motifs is 2. The summed E-state index contributed by atoms with van der Waals surface area (Å²) in [4.78, 5) is 19.8. The predicted octanol–water partition coefficient (Wildman–Crippen LogP) is 3.55. The Morgan fingerprint density at radius 2 is 2.04 bits per heavy atom. The molecule has 4 aromatic rings. The Morgan fingerprint density at radius 3 is 2.93 bits per heavy atom. The van der Waals surface area contributed by atoms with E-state index in [0.717, 1.165) is 41.8 Å². The standard InChI is InChI=1S/C20H19N5O2/c1-13-22-23-18-10-9-14(12-25(13)18)20(26)24-11-5-4-7-16(24)19-21-15-6-2-3-8-17(15)27-19/h2-3,6,8-10,12,16H,4-5,7,11H2,1H3. The Bertz CT molecular complexity index is 1110. The summed E-state index contributed by atoms with van der Waals surface area (Å²) in [6, 6.07) is 11.2. The van der Waals surface area contributed by atoms with Gasteiger partial charge in [-0.25, -0.2) is 4.98 Å². The number of oxazole rings is 1. The van der Waals surface area contributed by atoms with Gasteiger partial charge in [0.25, 0.3) is 5.91 Å². The van der Waals surface area contributed by atoms with Crippen LogP contribution in [-0.2, 0) is 0 Å². The molecule has 0 bridgehead atoms. The Hall–Kier alpha value is -3.22. The topological polar surface area (TPSA) is 76.5 Å². The van der Waals surface area contributed by atoms with E-state index >= 15 is 0 Å². The summed E-state index contributed by atoms with van der Waals surface area (Å²) in [5, 5.41) is 8.14. The molecule has 5 rings (SSSR count). The highest BCUT2D eigenvalue weighted by Crippen LogP contribution is 2.33. The van der Waals surface area contributed by atoms with Crippen molar-refractivity contribution in [2.75, 3.05) is 6.54 Å². The highest BCUT2D eigenvalue weighted by molar-refractivity contribution is 5.94. The molecule has 3 aromatic heterocycles. The summed E-state index contributed by atoms with van der Waals surface area (Å²) < 4.78 is 7.81. The fourth-order valence-electron chi connectivity index (χ4n) is 3.76. The molecule has 7 heteroatoms. The molecule has 0 saturated carbocycles. The Morgan fingerprint density at radius 1 is 1.15 bits per heavy atom. The van der Waals surface area contributed by atoms with E-state index in [-0.39, 0.29) is 11.9 Å². The minimum absolute atomic E-state index is 0.0167. The van der Waals surface area contributed by atoms with Crippen LogP contribution in [0.1, 0.15) is 47.4 Å². The van der Waals surface area contributed by atoms with Crippen LogP contribution in [0, 0.1) is 6.92 Å². The van der Waals surface area contributed by atoms with Crippen LogP contribution in [0.2, 0.25) is 0 Å². The van der Waals surface area contributed by atoms with Gasteiger partial charge < -0.3 is 9.32 Å². The van der Waals surface area contributed by atoms with Crippen molar-refractivity contribution in [2.45, 2.75) is 32.2 Å². The maximum atomic E-state index is 13.3. The number of benzene rings is 1. The lowest BCUT2D eigenvalue weighted by Crippen LogP contribution is -2.38. The van der Waals surface area contributed by atoms with Gasteiger partial charge in [-0.05, 0) is 50.5 Å². The van der Waals surface area contributed by atoms with Crippen LogP contribution in [0.3, 0.4) is 0 Å². The number of carbonyl (C=O) groups excluding carboxylic acids is 1. The smallest absolute Gasteiger partial charge is 0.256 e. The van der Waals surface area contributed by atoms with Crippen molar-refractivity contribution in [2.24, 2.45) is 0 Å². The summed E-state index contributed by atoms with van der Waals surface area (Å²) in [5.74, 6) is 1.36. The van der Waals surface area contributed by atoms with Gasteiger partial charge in [0.15, 0.2) is 11.2 Å². The van der Waals surface area contributed by atoms with E-state index in [4.69, 9.17) is 4.42 Å². The second-order valence-electron chi connectivity index (χ2n) is 6.92. The van der Waals surface area contributed by atoms with Gasteiger partial charge in [-0.1, -0.05) is 12.1 Å². The first-order valence-electron chi connectivity index (χ1n) is 9.18.